The van der Waals surface area contributed by atoms with E-state index in [2.05, 4.69) is 0 Å². The summed E-state index contributed by atoms with van der Waals surface area (Å²) in [4.78, 5) is 10.8. The zero-order valence-electron chi connectivity index (χ0n) is 16.5. The van der Waals surface area contributed by atoms with E-state index < -0.39 is 5.97 Å². The first-order valence-electron chi connectivity index (χ1n) is 10.3. The van der Waals surface area contributed by atoms with Crippen LogP contribution in [0.5, 0.6) is 11.5 Å². The number of carbonyl (C=O) groups is 1. The van der Waals surface area contributed by atoms with Crippen molar-refractivity contribution in [1.29, 1.82) is 0 Å². The van der Waals surface area contributed by atoms with Crippen LogP contribution in [0.25, 0.3) is 0 Å². The minimum absolute atomic E-state index is 0.167. The van der Waals surface area contributed by atoms with Gasteiger partial charge in [-0.2, -0.15) is 0 Å². The fraction of sp³-hybridized carbons (Fsp3) is 0.458. The second-order valence-corrected chi connectivity index (χ2v) is 8.56. The molecule has 1 N–H and O–H groups in total. The van der Waals surface area contributed by atoms with Gasteiger partial charge in [-0.3, -0.25) is 4.79 Å². The Morgan fingerprint density at radius 1 is 1.07 bits per heavy atom. The van der Waals surface area contributed by atoms with Crippen molar-refractivity contribution in [2.24, 2.45) is 5.41 Å². The number of benzene rings is 2. The van der Waals surface area contributed by atoms with E-state index in [9.17, 15) is 9.18 Å². The number of fused-ring (bicyclic) bond motifs is 2. The highest BCUT2D eigenvalue weighted by Crippen LogP contribution is 2.60. The molecular weight excluding hydrogens is 371 g/mol. The number of aliphatic carboxylic acids is 1. The summed E-state index contributed by atoms with van der Waals surface area (Å²) in [6.07, 6.45) is 7.04. The van der Waals surface area contributed by atoms with E-state index in [1.165, 1.54) is 12.1 Å². The van der Waals surface area contributed by atoms with Gasteiger partial charge in [-0.25, -0.2) is 4.39 Å². The zero-order chi connectivity index (χ0) is 20.3. The first-order valence-corrected chi connectivity index (χ1v) is 10.3. The van der Waals surface area contributed by atoms with Crippen LogP contribution in [-0.2, 0) is 16.1 Å². The monoisotopic (exact) mass is 398 g/mol. The first kappa shape index (κ1) is 19.9. The summed E-state index contributed by atoms with van der Waals surface area (Å²) in [6, 6.07) is 14.0. The molecule has 0 atom stereocenters. The van der Waals surface area contributed by atoms with Gasteiger partial charge in [-0.1, -0.05) is 18.2 Å². The third-order valence-electron chi connectivity index (χ3n) is 6.54. The van der Waals surface area contributed by atoms with E-state index in [1.54, 1.807) is 6.07 Å². The molecule has 154 valence electrons. The predicted molar refractivity (Wildman–Crippen MR) is 107 cm³/mol. The second kappa shape index (κ2) is 8.15. The fourth-order valence-electron chi connectivity index (χ4n) is 5.03. The molecule has 4 rings (SSSR count). The minimum atomic E-state index is -0.725. The third-order valence-corrected chi connectivity index (χ3v) is 6.54. The van der Waals surface area contributed by atoms with Crippen LogP contribution in [0.2, 0.25) is 0 Å². The number of rotatable bonds is 9. The molecule has 0 aliphatic heterocycles. The lowest BCUT2D eigenvalue weighted by Gasteiger charge is -2.28. The molecule has 2 aromatic rings. The normalized spacial score (nSPS) is 25.3. The SMILES string of the molecule is O=C(O)CCCC12CCC(OCc3cc(F)ccc3Oc3ccccc3)(CC1)C2. The van der Waals surface area contributed by atoms with Crippen LogP contribution in [-0.4, -0.2) is 16.7 Å². The maximum atomic E-state index is 13.9. The van der Waals surface area contributed by atoms with Crippen molar-refractivity contribution in [2.45, 2.75) is 63.6 Å². The van der Waals surface area contributed by atoms with Gasteiger partial charge >= 0.3 is 5.97 Å². The molecule has 2 saturated carbocycles. The highest BCUT2D eigenvalue weighted by Gasteiger charge is 2.54. The van der Waals surface area contributed by atoms with Crippen molar-refractivity contribution in [3.05, 3.63) is 59.9 Å². The van der Waals surface area contributed by atoms with Gasteiger partial charge in [0.1, 0.15) is 17.3 Å². The van der Waals surface area contributed by atoms with E-state index in [-0.39, 0.29) is 23.3 Å². The Morgan fingerprint density at radius 2 is 1.83 bits per heavy atom. The van der Waals surface area contributed by atoms with Gasteiger partial charge in [0.05, 0.1) is 12.2 Å². The van der Waals surface area contributed by atoms with Gasteiger partial charge in [-0.05, 0) is 80.7 Å². The van der Waals surface area contributed by atoms with Crippen molar-refractivity contribution in [1.82, 2.24) is 0 Å². The summed E-state index contributed by atoms with van der Waals surface area (Å²) in [5.74, 6) is 0.287. The molecule has 4 nitrogen and oxygen atoms in total. The largest absolute Gasteiger partial charge is 0.481 e. The Balaban J connectivity index is 1.41. The van der Waals surface area contributed by atoms with Gasteiger partial charge < -0.3 is 14.6 Å². The Bertz CT molecular complexity index is 856. The number of carboxylic acid groups (broad SMARTS) is 1. The molecule has 29 heavy (non-hydrogen) atoms. The molecule has 2 aliphatic carbocycles. The van der Waals surface area contributed by atoms with Crippen LogP contribution in [0.1, 0.15) is 56.9 Å². The third kappa shape index (κ3) is 4.61. The molecule has 2 fully saturated rings. The number of halogens is 1. The smallest absolute Gasteiger partial charge is 0.303 e. The first-order chi connectivity index (χ1) is 14.0. The number of hydrogen-bond donors (Lipinski definition) is 1. The fourth-order valence-corrected chi connectivity index (χ4v) is 5.03. The quantitative estimate of drug-likeness (QED) is 0.555. The highest BCUT2D eigenvalue weighted by atomic mass is 19.1. The van der Waals surface area contributed by atoms with E-state index in [1.807, 2.05) is 30.3 Å². The molecule has 2 bridgehead atoms. The van der Waals surface area contributed by atoms with E-state index >= 15 is 0 Å². The summed E-state index contributed by atoms with van der Waals surface area (Å²) in [5, 5.41) is 8.90. The number of ether oxygens (including phenoxy) is 2. The lowest BCUT2D eigenvalue weighted by Crippen LogP contribution is -2.26. The highest BCUT2D eigenvalue weighted by molar-refractivity contribution is 5.66. The zero-order valence-corrected chi connectivity index (χ0v) is 16.5. The summed E-state index contributed by atoms with van der Waals surface area (Å²) < 4.78 is 26.2. The van der Waals surface area contributed by atoms with Crippen molar-refractivity contribution in [3.63, 3.8) is 0 Å². The van der Waals surface area contributed by atoms with Crippen LogP contribution in [0.3, 0.4) is 0 Å². The van der Waals surface area contributed by atoms with Crippen LogP contribution < -0.4 is 4.74 Å². The summed E-state index contributed by atoms with van der Waals surface area (Å²) in [5.41, 5.74) is 0.763. The summed E-state index contributed by atoms with van der Waals surface area (Å²) in [7, 11) is 0. The lowest BCUT2D eigenvalue weighted by molar-refractivity contribution is -0.137. The topological polar surface area (TPSA) is 55.8 Å². The molecule has 5 heteroatoms. The predicted octanol–water partition coefficient (Wildman–Crippen LogP) is 6.09. The van der Waals surface area contributed by atoms with Crippen molar-refractivity contribution >= 4 is 5.97 Å². The maximum Gasteiger partial charge on any atom is 0.303 e. The molecule has 0 spiro atoms. The van der Waals surface area contributed by atoms with Crippen LogP contribution in [0, 0.1) is 11.2 Å². The van der Waals surface area contributed by atoms with Crippen molar-refractivity contribution in [3.8, 4) is 11.5 Å². The average Bonchev–Trinajstić information content (AvgIpc) is 3.25. The van der Waals surface area contributed by atoms with Crippen molar-refractivity contribution in [2.75, 3.05) is 0 Å². The van der Waals surface area contributed by atoms with E-state index in [0.717, 1.165) is 44.9 Å². The summed E-state index contributed by atoms with van der Waals surface area (Å²) >= 11 is 0. The molecule has 2 aromatic carbocycles. The van der Waals surface area contributed by atoms with Gasteiger partial charge in [0.25, 0.3) is 0 Å². The molecular formula is C24H27FO4. The Kier molecular flexibility index (Phi) is 5.59. The standard InChI is InChI=1S/C24H27FO4/c25-19-8-9-21(29-20-5-2-1-3-6-20)18(15-19)16-28-24-13-11-23(17-24,12-14-24)10-4-7-22(26)27/h1-3,5-6,8-9,15H,4,7,10-14,16-17H2,(H,26,27). The van der Waals surface area contributed by atoms with Gasteiger partial charge in [0.2, 0.25) is 0 Å². The number of hydrogen-bond acceptors (Lipinski definition) is 3. The summed E-state index contributed by atoms with van der Waals surface area (Å²) in [6.45, 7) is 0.311. The van der Waals surface area contributed by atoms with Crippen molar-refractivity contribution < 1.29 is 23.8 Å². The Morgan fingerprint density at radius 3 is 2.55 bits per heavy atom. The van der Waals surface area contributed by atoms with Crippen LogP contribution in [0.15, 0.2) is 48.5 Å². The van der Waals surface area contributed by atoms with Gasteiger partial charge in [0, 0.05) is 12.0 Å². The van der Waals surface area contributed by atoms with Crippen LogP contribution >= 0.6 is 0 Å². The molecule has 0 aromatic heterocycles. The Labute approximate surface area is 170 Å². The average molecular weight is 398 g/mol. The Hall–Kier alpha value is -2.40. The molecule has 0 unspecified atom stereocenters. The maximum absolute atomic E-state index is 13.9. The molecule has 0 heterocycles. The lowest BCUT2D eigenvalue weighted by atomic mass is 9.80. The molecule has 2 aliphatic rings. The van der Waals surface area contributed by atoms with Gasteiger partial charge in [-0.15, -0.1) is 0 Å². The second-order valence-electron chi connectivity index (χ2n) is 8.56. The van der Waals surface area contributed by atoms with E-state index in [0.29, 0.717) is 23.7 Å². The number of carboxylic acids is 1. The number of para-hydroxylation sites is 1. The molecule has 0 radical (unpaired) electrons. The van der Waals surface area contributed by atoms with E-state index in [4.69, 9.17) is 14.6 Å². The van der Waals surface area contributed by atoms with Gasteiger partial charge in [0.15, 0.2) is 0 Å². The minimum Gasteiger partial charge on any atom is -0.481 e. The van der Waals surface area contributed by atoms with Crippen LogP contribution in [0.4, 0.5) is 4.39 Å². The molecule has 0 saturated heterocycles. The molecule has 0 amide bonds.